The highest BCUT2D eigenvalue weighted by Crippen LogP contribution is 2.22. The van der Waals surface area contributed by atoms with Crippen LogP contribution >= 0.6 is 11.3 Å². The number of Topliss-reactive ketones (excluding diaryl/α,β-unsaturated/α-hetero) is 1. The first-order valence-corrected chi connectivity index (χ1v) is 9.05. The van der Waals surface area contributed by atoms with Crippen molar-refractivity contribution < 1.29 is 18.7 Å². The van der Waals surface area contributed by atoms with E-state index in [0.717, 1.165) is 16.9 Å². The third-order valence-corrected chi connectivity index (χ3v) is 4.73. The van der Waals surface area contributed by atoms with Crippen LogP contribution in [0.2, 0.25) is 0 Å². The number of para-hydroxylation sites is 2. The Balaban J connectivity index is 1.41. The third kappa shape index (κ3) is 3.60. The molecule has 2 heterocycles. The van der Waals surface area contributed by atoms with E-state index in [0.29, 0.717) is 10.4 Å². The van der Waals surface area contributed by atoms with Crippen LogP contribution in [0.4, 0.5) is 9.52 Å². The van der Waals surface area contributed by atoms with Crippen LogP contribution in [0.1, 0.15) is 15.4 Å². The number of nitrogens with zero attached hydrogens (tertiary/aromatic N) is 2. The summed E-state index contributed by atoms with van der Waals surface area (Å²) >= 11 is 1.04. The first-order valence-electron chi connectivity index (χ1n) is 8.23. The summed E-state index contributed by atoms with van der Waals surface area (Å²) in [4.78, 5) is 27.7. The second-order valence-electron chi connectivity index (χ2n) is 5.75. The molecular weight excluding hydrogens is 383 g/mol. The average Bonchev–Trinajstić information content (AvgIpc) is 3.33. The van der Waals surface area contributed by atoms with Gasteiger partial charge in [-0.15, -0.1) is 10.2 Å². The summed E-state index contributed by atoms with van der Waals surface area (Å²) in [6, 6.07) is 13.2. The van der Waals surface area contributed by atoms with Crippen LogP contribution in [0.25, 0.3) is 10.9 Å². The molecule has 0 aliphatic heterocycles. The minimum Gasteiger partial charge on any atom is -0.483 e. The highest BCUT2D eigenvalue weighted by molar-refractivity contribution is 7.15. The molecule has 7 nitrogen and oxygen atoms in total. The minimum absolute atomic E-state index is 0.00906. The lowest BCUT2D eigenvalue weighted by Gasteiger charge is -2.03. The SMILES string of the molecule is O=C(Nc1nnc(COc2ccccc2F)s1)C(=O)c1c[nH]c2ccccc12. The molecule has 0 aliphatic rings. The number of carbonyl (C=O) groups is 2. The number of carbonyl (C=O) groups excluding carboxylic acids is 2. The van der Waals surface area contributed by atoms with Crippen molar-refractivity contribution in [3.8, 4) is 5.75 Å². The highest BCUT2D eigenvalue weighted by Gasteiger charge is 2.21. The van der Waals surface area contributed by atoms with Crippen molar-refractivity contribution in [3.63, 3.8) is 0 Å². The summed E-state index contributed by atoms with van der Waals surface area (Å²) in [6.45, 7) is -0.00906. The van der Waals surface area contributed by atoms with Gasteiger partial charge in [-0.1, -0.05) is 41.7 Å². The van der Waals surface area contributed by atoms with Crippen LogP contribution in [0.15, 0.2) is 54.7 Å². The number of rotatable bonds is 6. The smallest absolute Gasteiger partial charge is 0.298 e. The molecule has 0 bridgehead atoms. The third-order valence-electron chi connectivity index (χ3n) is 3.92. The topological polar surface area (TPSA) is 97.0 Å². The van der Waals surface area contributed by atoms with Crippen LogP contribution < -0.4 is 10.1 Å². The van der Waals surface area contributed by atoms with Crippen molar-refractivity contribution >= 4 is 39.1 Å². The Morgan fingerprint density at radius 2 is 1.89 bits per heavy atom. The molecule has 2 aromatic heterocycles. The van der Waals surface area contributed by atoms with E-state index < -0.39 is 17.5 Å². The lowest BCUT2D eigenvalue weighted by molar-refractivity contribution is -0.112. The molecule has 0 spiro atoms. The average molecular weight is 396 g/mol. The van der Waals surface area contributed by atoms with Gasteiger partial charge in [-0.2, -0.15) is 0 Å². The van der Waals surface area contributed by atoms with Crippen LogP contribution in [0, 0.1) is 5.82 Å². The summed E-state index contributed by atoms with van der Waals surface area (Å²) in [5.74, 6) is -1.89. The number of aromatic amines is 1. The molecule has 2 aromatic carbocycles. The molecule has 0 saturated heterocycles. The summed E-state index contributed by atoms with van der Waals surface area (Å²) < 4.78 is 18.9. The van der Waals surface area contributed by atoms with Crippen molar-refractivity contribution in [2.75, 3.05) is 5.32 Å². The Morgan fingerprint density at radius 1 is 1.11 bits per heavy atom. The van der Waals surface area contributed by atoms with Crippen molar-refractivity contribution in [2.45, 2.75) is 6.61 Å². The van der Waals surface area contributed by atoms with Gasteiger partial charge in [0.15, 0.2) is 16.6 Å². The van der Waals surface area contributed by atoms with E-state index in [1.165, 1.54) is 18.3 Å². The van der Waals surface area contributed by atoms with E-state index in [-0.39, 0.29) is 23.1 Å². The lowest BCUT2D eigenvalue weighted by Crippen LogP contribution is -2.22. The number of H-pyrrole nitrogens is 1. The molecule has 0 unspecified atom stereocenters. The van der Waals surface area contributed by atoms with Gasteiger partial charge in [0, 0.05) is 17.1 Å². The fraction of sp³-hybridized carbons (Fsp3) is 0.0526. The lowest BCUT2D eigenvalue weighted by atomic mass is 10.1. The second-order valence-corrected chi connectivity index (χ2v) is 6.81. The minimum atomic E-state index is -0.817. The summed E-state index contributed by atoms with van der Waals surface area (Å²) in [5, 5.41) is 11.4. The first kappa shape index (κ1) is 17.8. The molecule has 0 saturated carbocycles. The van der Waals surface area contributed by atoms with E-state index in [4.69, 9.17) is 4.74 Å². The predicted molar refractivity (Wildman–Crippen MR) is 102 cm³/mol. The number of ether oxygens (including phenoxy) is 1. The van der Waals surface area contributed by atoms with E-state index in [9.17, 15) is 14.0 Å². The predicted octanol–water partition coefficient (Wildman–Crippen LogP) is 3.56. The summed E-state index contributed by atoms with van der Waals surface area (Å²) in [6.07, 6.45) is 1.50. The molecule has 0 radical (unpaired) electrons. The van der Waals surface area contributed by atoms with Crippen LogP contribution in [0.3, 0.4) is 0 Å². The number of aromatic nitrogens is 3. The van der Waals surface area contributed by atoms with E-state index in [2.05, 4.69) is 20.5 Å². The molecule has 0 fully saturated rings. The molecule has 4 aromatic rings. The van der Waals surface area contributed by atoms with Crippen molar-refractivity contribution in [2.24, 2.45) is 0 Å². The number of halogens is 1. The number of ketones is 1. The molecule has 28 heavy (non-hydrogen) atoms. The number of anilines is 1. The van der Waals surface area contributed by atoms with Gasteiger partial charge in [0.05, 0.1) is 5.56 Å². The Morgan fingerprint density at radius 3 is 2.75 bits per heavy atom. The van der Waals surface area contributed by atoms with Gasteiger partial charge in [0.2, 0.25) is 5.13 Å². The van der Waals surface area contributed by atoms with E-state index >= 15 is 0 Å². The van der Waals surface area contributed by atoms with Gasteiger partial charge in [0.25, 0.3) is 11.7 Å². The van der Waals surface area contributed by atoms with Gasteiger partial charge >= 0.3 is 0 Å². The van der Waals surface area contributed by atoms with Crippen molar-refractivity contribution in [1.29, 1.82) is 0 Å². The molecule has 0 atom stereocenters. The summed E-state index contributed by atoms with van der Waals surface area (Å²) in [5.41, 5.74) is 1.04. The van der Waals surface area contributed by atoms with Crippen molar-refractivity contribution in [1.82, 2.24) is 15.2 Å². The Bertz CT molecular complexity index is 1170. The maximum atomic E-state index is 13.5. The zero-order chi connectivity index (χ0) is 19.5. The Kier molecular flexibility index (Phi) is 4.81. The number of fused-ring (bicyclic) bond motifs is 1. The normalized spacial score (nSPS) is 10.8. The maximum Gasteiger partial charge on any atom is 0.298 e. The van der Waals surface area contributed by atoms with Gasteiger partial charge in [0.1, 0.15) is 6.61 Å². The van der Waals surface area contributed by atoms with Gasteiger partial charge in [-0.05, 0) is 18.2 Å². The standard InChI is InChI=1S/C19H13FN4O3S/c20-13-6-2-4-8-15(13)27-10-16-23-24-19(28-16)22-18(26)17(25)12-9-21-14-7-3-1-5-11(12)14/h1-9,21H,10H2,(H,22,24,26). The molecule has 0 aliphatic carbocycles. The molecule has 1 amide bonds. The molecular formula is C19H13FN4O3S. The Hall–Kier alpha value is -3.59. The van der Waals surface area contributed by atoms with Gasteiger partial charge in [-0.25, -0.2) is 4.39 Å². The quantitative estimate of drug-likeness (QED) is 0.384. The highest BCUT2D eigenvalue weighted by atomic mass is 32.1. The van der Waals surface area contributed by atoms with Crippen LogP contribution in [-0.4, -0.2) is 26.9 Å². The zero-order valence-electron chi connectivity index (χ0n) is 14.3. The fourth-order valence-electron chi connectivity index (χ4n) is 2.60. The van der Waals surface area contributed by atoms with Gasteiger partial charge in [-0.3, -0.25) is 14.9 Å². The number of hydrogen-bond donors (Lipinski definition) is 2. The number of hydrogen-bond acceptors (Lipinski definition) is 6. The zero-order valence-corrected chi connectivity index (χ0v) is 15.1. The van der Waals surface area contributed by atoms with Gasteiger partial charge < -0.3 is 9.72 Å². The molecule has 140 valence electrons. The maximum absolute atomic E-state index is 13.5. The van der Waals surface area contributed by atoms with E-state index in [1.54, 1.807) is 24.3 Å². The number of amides is 1. The summed E-state index contributed by atoms with van der Waals surface area (Å²) in [7, 11) is 0. The number of benzene rings is 2. The second kappa shape index (κ2) is 7.57. The molecule has 9 heteroatoms. The monoisotopic (exact) mass is 396 g/mol. The molecule has 2 N–H and O–H groups in total. The Labute approximate surface area is 162 Å². The number of nitrogens with one attached hydrogen (secondary N) is 2. The van der Waals surface area contributed by atoms with Crippen LogP contribution in [-0.2, 0) is 11.4 Å². The first-order chi connectivity index (χ1) is 13.6. The van der Waals surface area contributed by atoms with Crippen LogP contribution in [0.5, 0.6) is 5.75 Å². The van der Waals surface area contributed by atoms with E-state index in [1.807, 2.05) is 12.1 Å². The van der Waals surface area contributed by atoms with Crippen molar-refractivity contribution in [3.05, 3.63) is 71.1 Å². The fourth-order valence-corrected chi connectivity index (χ4v) is 3.25. The largest absolute Gasteiger partial charge is 0.483 e. The molecule has 4 rings (SSSR count).